The molecule has 0 amide bonds. The molecule has 1 unspecified atom stereocenters. The summed E-state index contributed by atoms with van der Waals surface area (Å²) in [5, 5.41) is 9.69. The molecule has 18 heavy (non-hydrogen) atoms. The van der Waals surface area contributed by atoms with Crippen molar-refractivity contribution in [2.24, 2.45) is 0 Å². The van der Waals surface area contributed by atoms with E-state index in [4.69, 9.17) is 9.47 Å². The van der Waals surface area contributed by atoms with Gasteiger partial charge in [0.15, 0.2) is 6.29 Å². The minimum atomic E-state index is -0.427. The lowest BCUT2D eigenvalue weighted by molar-refractivity contribution is -0.0578. The van der Waals surface area contributed by atoms with Crippen LogP contribution >= 0.6 is 0 Å². The van der Waals surface area contributed by atoms with Crippen LogP contribution in [0.3, 0.4) is 0 Å². The summed E-state index contributed by atoms with van der Waals surface area (Å²) in [4.78, 5) is 0. The second kappa shape index (κ2) is 4.72. The molecular weight excluding hydrogens is 226 g/mol. The predicted octanol–water partition coefficient (Wildman–Crippen LogP) is 2.55. The van der Waals surface area contributed by atoms with Gasteiger partial charge in [-0.25, -0.2) is 0 Å². The Kier molecular flexibility index (Phi) is 3.07. The molecule has 1 saturated heterocycles. The Labute approximate surface area is 107 Å². The maximum absolute atomic E-state index is 9.69. The van der Waals surface area contributed by atoms with E-state index < -0.39 is 5.41 Å². The van der Waals surface area contributed by atoms with E-state index in [1.807, 2.05) is 6.07 Å². The number of hydrogen-bond donors (Lipinski definition) is 0. The highest BCUT2D eigenvalue weighted by Crippen LogP contribution is 2.41. The van der Waals surface area contributed by atoms with Crippen molar-refractivity contribution in [2.45, 2.75) is 37.4 Å². The van der Waals surface area contributed by atoms with Crippen LogP contribution in [0.15, 0.2) is 24.3 Å². The molecule has 0 saturated carbocycles. The highest BCUT2D eigenvalue weighted by molar-refractivity contribution is 5.41. The molecule has 1 aromatic rings. The Balaban J connectivity index is 1.94. The van der Waals surface area contributed by atoms with Gasteiger partial charge in [0.25, 0.3) is 0 Å². The molecule has 3 rings (SSSR count). The summed E-state index contributed by atoms with van der Waals surface area (Å²) < 4.78 is 11.0. The van der Waals surface area contributed by atoms with E-state index >= 15 is 0 Å². The zero-order chi connectivity index (χ0) is 12.4. The second-order valence-corrected chi connectivity index (χ2v) is 5.08. The third-order valence-electron chi connectivity index (χ3n) is 4.00. The zero-order valence-electron chi connectivity index (χ0n) is 10.4. The maximum atomic E-state index is 9.69. The van der Waals surface area contributed by atoms with E-state index in [1.165, 1.54) is 11.1 Å². The Hall–Kier alpha value is -1.37. The van der Waals surface area contributed by atoms with E-state index in [0.29, 0.717) is 19.6 Å². The third kappa shape index (κ3) is 1.92. The third-order valence-corrected chi connectivity index (χ3v) is 4.00. The van der Waals surface area contributed by atoms with Crippen LogP contribution in [-0.4, -0.2) is 19.5 Å². The van der Waals surface area contributed by atoms with E-state index in [1.54, 1.807) is 0 Å². The van der Waals surface area contributed by atoms with Gasteiger partial charge in [0, 0.05) is 6.42 Å². The Bertz CT molecular complexity index is 474. The number of nitriles is 1. The minimum absolute atomic E-state index is 0.212. The average Bonchev–Trinajstić information content (AvgIpc) is 2.92. The highest BCUT2D eigenvalue weighted by Gasteiger charge is 2.40. The van der Waals surface area contributed by atoms with Crippen molar-refractivity contribution < 1.29 is 9.47 Å². The molecule has 0 radical (unpaired) electrons. The summed E-state index contributed by atoms with van der Waals surface area (Å²) in [6.45, 7) is 1.29. The van der Waals surface area contributed by atoms with Gasteiger partial charge in [0.05, 0.1) is 24.7 Å². The van der Waals surface area contributed by atoms with Gasteiger partial charge in [-0.15, -0.1) is 0 Å². The topological polar surface area (TPSA) is 42.2 Å². The van der Waals surface area contributed by atoms with Crippen LogP contribution in [0.1, 0.15) is 30.4 Å². The fourth-order valence-corrected chi connectivity index (χ4v) is 3.10. The molecule has 0 bridgehead atoms. The van der Waals surface area contributed by atoms with Crippen LogP contribution in [0.4, 0.5) is 0 Å². The number of fused-ring (bicyclic) bond motifs is 1. The van der Waals surface area contributed by atoms with Crippen LogP contribution in [-0.2, 0) is 21.3 Å². The van der Waals surface area contributed by atoms with Crippen molar-refractivity contribution in [3.8, 4) is 6.07 Å². The molecule has 0 spiro atoms. The SMILES string of the molecule is N#CC1(CC2OCCO2)CCCc2ccccc21. The van der Waals surface area contributed by atoms with Gasteiger partial charge >= 0.3 is 0 Å². The largest absolute Gasteiger partial charge is 0.350 e. The minimum Gasteiger partial charge on any atom is -0.350 e. The van der Waals surface area contributed by atoms with Gasteiger partial charge in [0.1, 0.15) is 0 Å². The smallest absolute Gasteiger partial charge is 0.159 e. The first-order valence-electron chi connectivity index (χ1n) is 6.57. The lowest BCUT2D eigenvalue weighted by atomic mass is 9.69. The normalized spacial score (nSPS) is 27.7. The first-order valence-corrected chi connectivity index (χ1v) is 6.57. The van der Waals surface area contributed by atoms with Crippen LogP contribution in [0.5, 0.6) is 0 Å². The summed E-state index contributed by atoms with van der Waals surface area (Å²) >= 11 is 0. The van der Waals surface area contributed by atoms with Gasteiger partial charge < -0.3 is 9.47 Å². The Morgan fingerprint density at radius 2 is 2.06 bits per heavy atom. The van der Waals surface area contributed by atoms with Gasteiger partial charge in [-0.05, 0) is 30.4 Å². The molecule has 1 heterocycles. The van der Waals surface area contributed by atoms with E-state index in [-0.39, 0.29) is 6.29 Å². The molecule has 94 valence electrons. The van der Waals surface area contributed by atoms with Gasteiger partial charge in [0.2, 0.25) is 0 Å². The number of nitrogens with zero attached hydrogens (tertiary/aromatic N) is 1. The maximum Gasteiger partial charge on any atom is 0.159 e. The number of benzene rings is 1. The summed E-state index contributed by atoms with van der Waals surface area (Å²) in [5.74, 6) is 0. The molecule has 1 aromatic carbocycles. The molecule has 3 nitrogen and oxygen atoms in total. The molecule has 0 N–H and O–H groups in total. The average molecular weight is 243 g/mol. The monoisotopic (exact) mass is 243 g/mol. The highest BCUT2D eigenvalue weighted by atomic mass is 16.7. The first-order chi connectivity index (χ1) is 8.84. The quantitative estimate of drug-likeness (QED) is 0.801. The second-order valence-electron chi connectivity index (χ2n) is 5.08. The molecule has 1 aliphatic heterocycles. The molecule has 1 atom stereocenters. The summed E-state index contributed by atoms with van der Waals surface area (Å²) in [7, 11) is 0. The summed E-state index contributed by atoms with van der Waals surface area (Å²) in [6, 6.07) is 10.8. The van der Waals surface area contributed by atoms with Crippen LogP contribution in [0.25, 0.3) is 0 Å². The predicted molar refractivity (Wildman–Crippen MR) is 67.0 cm³/mol. The van der Waals surface area contributed by atoms with E-state index in [2.05, 4.69) is 24.3 Å². The fraction of sp³-hybridized carbons (Fsp3) is 0.533. The molecule has 1 aliphatic carbocycles. The van der Waals surface area contributed by atoms with Crippen molar-refractivity contribution in [3.63, 3.8) is 0 Å². The molecule has 0 aromatic heterocycles. The molecule has 1 fully saturated rings. The van der Waals surface area contributed by atoms with Crippen LogP contribution < -0.4 is 0 Å². The summed E-state index contributed by atoms with van der Waals surface area (Å²) in [6.07, 6.45) is 3.49. The molecule has 2 aliphatic rings. The van der Waals surface area contributed by atoms with Gasteiger partial charge in [-0.1, -0.05) is 24.3 Å². The van der Waals surface area contributed by atoms with Crippen molar-refractivity contribution in [3.05, 3.63) is 35.4 Å². The van der Waals surface area contributed by atoms with Crippen LogP contribution in [0, 0.1) is 11.3 Å². The number of rotatable bonds is 2. The first kappa shape index (κ1) is 11.7. The number of hydrogen-bond acceptors (Lipinski definition) is 3. The van der Waals surface area contributed by atoms with Crippen LogP contribution in [0.2, 0.25) is 0 Å². The number of ether oxygens (including phenoxy) is 2. The number of aryl methyl sites for hydroxylation is 1. The molecular formula is C15H17NO2. The Morgan fingerprint density at radius 3 is 2.83 bits per heavy atom. The van der Waals surface area contributed by atoms with Gasteiger partial charge in [-0.3, -0.25) is 0 Å². The van der Waals surface area contributed by atoms with Crippen molar-refractivity contribution >= 4 is 0 Å². The zero-order valence-corrected chi connectivity index (χ0v) is 10.4. The van der Waals surface area contributed by atoms with Crippen molar-refractivity contribution in [1.82, 2.24) is 0 Å². The summed E-state index contributed by atoms with van der Waals surface area (Å²) in [5.41, 5.74) is 2.06. The fourth-order valence-electron chi connectivity index (χ4n) is 3.10. The van der Waals surface area contributed by atoms with Crippen molar-refractivity contribution in [2.75, 3.05) is 13.2 Å². The van der Waals surface area contributed by atoms with Crippen molar-refractivity contribution in [1.29, 1.82) is 5.26 Å². The lowest BCUT2D eigenvalue weighted by Crippen LogP contribution is -2.33. The van der Waals surface area contributed by atoms with Gasteiger partial charge in [-0.2, -0.15) is 5.26 Å². The lowest BCUT2D eigenvalue weighted by Gasteiger charge is -2.34. The van der Waals surface area contributed by atoms with E-state index in [0.717, 1.165) is 19.3 Å². The Morgan fingerprint density at radius 1 is 1.28 bits per heavy atom. The molecule has 3 heteroatoms. The van der Waals surface area contributed by atoms with E-state index in [9.17, 15) is 5.26 Å². The standard InChI is InChI=1S/C15H17NO2/c16-11-15(10-14-17-8-9-18-14)7-3-5-12-4-1-2-6-13(12)15/h1-2,4,6,14H,3,5,7-10H2.